The third-order valence-electron chi connectivity index (χ3n) is 5.16. The van der Waals surface area contributed by atoms with Crippen molar-refractivity contribution in [3.8, 4) is 17.2 Å². The molecule has 10 nitrogen and oxygen atoms in total. The fraction of sp³-hybridized carbons (Fsp3) is 0.0909. The Balaban J connectivity index is 1.47. The number of aromatic amines is 1. The number of aromatic carboxylic acids is 1. The summed E-state index contributed by atoms with van der Waals surface area (Å²) in [6, 6.07) is 8.47. The molecule has 0 bridgehead atoms. The van der Waals surface area contributed by atoms with Crippen LogP contribution in [-0.4, -0.2) is 45.6 Å². The van der Waals surface area contributed by atoms with Gasteiger partial charge in [-0.15, -0.1) is 0 Å². The van der Waals surface area contributed by atoms with E-state index < -0.39 is 17.3 Å². The monoisotopic (exact) mass is 445 g/mol. The molecule has 11 heteroatoms. The maximum absolute atomic E-state index is 14.8. The van der Waals surface area contributed by atoms with Gasteiger partial charge in [-0.3, -0.25) is 19.4 Å². The Hall–Kier alpha value is -4.67. The highest BCUT2D eigenvalue weighted by atomic mass is 19.1. The predicted molar refractivity (Wildman–Crippen MR) is 116 cm³/mol. The van der Waals surface area contributed by atoms with Crippen LogP contribution in [0.4, 0.5) is 4.39 Å². The first-order chi connectivity index (χ1) is 15.9. The summed E-state index contributed by atoms with van der Waals surface area (Å²) < 4.78 is 17.4. The molecule has 5 rings (SSSR count). The first kappa shape index (κ1) is 20.2. The molecule has 0 fully saturated rings. The zero-order chi connectivity index (χ0) is 23.1. The van der Waals surface area contributed by atoms with Gasteiger partial charge >= 0.3 is 5.97 Å². The molecular formula is C22H16FN7O3. The van der Waals surface area contributed by atoms with E-state index >= 15 is 0 Å². The zero-order valence-corrected chi connectivity index (χ0v) is 17.2. The minimum Gasteiger partial charge on any atom is -0.478 e. The molecule has 4 heterocycles. The minimum atomic E-state index is -1.14. The van der Waals surface area contributed by atoms with E-state index in [4.69, 9.17) is 5.11 Å². The van der Waals surface area contributed by atoms with Crippen molar-refractivity contribution in [1.29, 1.82) is 0 Å². The molecule has 1 aromatic carbocycles. The van der Waals surface area contributed by atoms with Gasteiger partial charge in [-0.25, -0.2) is 18.9 Å². The molecule has 5 aromatic rings. The highest BCUT2D eigenvalue weighted by molar-refractivity contribution is 5.87. The summed E-state index contributed by atoms with van der Waals surface area (Å²) in [6.45, 7) is 2.02. The lowest BCUT2D eigenvalue weighted by Gasteiger charge is -2.09. The number of nitrogens with zero attached hydrogens (tertiary/aromatic N) is 6. The van der Waals surface area contributed by atoms with Crippen molar-refractivity contribution in [1.82, 2.24) is 34.5 Å². The van der Waals surface area contributed by atoms with Crippen LogP contribution in [0.2, 0.25) is 0 Å². The third kappa shape index (κ3) is 3.65. The van der Waals surface area contributed by atoms with Crippen LogP contribution in [0.1, 0.15) is 21.5 Å². The lowest BCUT2D eigenvalue weighted by atomic mass is 10.0. The average molecular weight is 445 g/mol. The van der Waals surface area contributed by atoms with Gasteiger partial charge in [-0.2, -0.15) is 10.2 Å². The molecule has 164 valence electrons. The van der Waals surface area contributed by atoms with E-state index in [2.05, 4.69) is 25.1 Å². The lowest BCUT2D eigenvalue weighted by Crippen LogP contribution is -2.17. The standard InChI is InChI=1S/C22H16FN7O3/c1-12-3-2-6-24-18(12)15-5-4-13(7-16(15)23)10-29-19-17(9-26-29)27-22(28-20(19)31)30-11-14(8-25-30)21(32)33/h2-9,11H,10H2,1H3,(H,32,33)(H,27,28,31). The largest absolute Gasteiger partial charge is 0.478 e. The topological polar surface area (TPSA) is 132 Å². The fourth-order valence-electron chi connectivity index (χ4n) is 3.56. The predicted octanol–water partition coefficient (Wildman–Crippen LogP) is 2.56. The third-order valence-corrected chi connectivity index (χ3v) is 5.16. The molecule has 33 heavy (non-hydrogen) atoms. The molecule has 0 amide bonds. The fourth-order valence-corrected chi connectivity index (χ4v) is 3.56. The number of benzene rings is 1. The van der Waals surface area contributed by atoms with Crippen molar-refractivity contribution < 1.29 is 14.3 Å². The molecule has 0 aliphatic carbocycles. The number of carboxylic acids is 1. The molecule has 2 N–H and O–H groups in total. The van der Waals surface area contributed by atoms with E-state index in [1.807, 2.05) is 13.0 Å². The summed E-state index contributed by atoms with van der Waals surface area (Å²) in [5.74, 6) is -1.51. The molecule has 0 aliphatic rings. The van der Waals surface area contributed by atoms with Crippen molar-refractivity contribution in [3.63, 3.8) is 0 Å². The lowest BCUT2D eigenvalue weighted by molar-refractivity contribution is 0.0697. The molecule has 4 aromatic heterocycles. The summed E-state index contributed by atoms with van der Waals surface area (Å²) in [5.41, 5.74) is 2.41. The Morgan fingerprint density at radius 1 is 1.21 bits per heavy atom. The number of pyridine rings is 1. The van der Waals surface area contributed by atoms with Crippen molar-refractivity contribution in [2.24, 2.45) is 0 Å². The number of hydrogen-bond donors (Lipinski definition) is 2. The summed E-state index contributed by atoms with van der Waals surface area (Å²) in [7, 11) is 0. The number of carbonyl (C=O) groups is 1. The zero-order valence-electron chi connectivity index (χ0n) is 17.2. The SMILES string of the molecule is Cc1cccnc1-c1ccc(Cn2ncc3nc(-n4cc(C(=O)O)cn4)[nH]c(=O)c32)cc1F. The van der Waals surface area contributed by atoms with Crippen molar-refractivity contribution in [2.75, 3.05) is 0 Å². The summed E-state index contributed by atoms with van der Waals surface area (Å²) in [6.07, 6.45) is 5.42. The number of hydrogen-bond acceptors (Lipinski definition) is 6. The molecule has 0 aliphatic heterocycles. The number of aromatic nitrogens is 7. The van der Waals surface area contributed by atoms with Gasteiger partial charge in [0.1, 0.15) is 11.3 Å². The number of H-pyrrole nitrogens is 1. The number of nitrogens with one attached hydrogen (secondary N) is 1. The maximum atomic E-state index is 14.8. The first-order valence-corrected chi connectivity index (χ1v) is 9.85. The summed E-state index contributed by atoms with van der Waals surface area (Å²) >= 11 is 0. The van der Waals surface area contributed by atoms with Gasteiger partial charge in [0, 0.05) is 18.0 Å². The van der Waals surface area contributed by atoms with Gasteiger partial charge in [0.2, 0.25) is 5.95 Å². The Kier molecular flexibility index (Phi) is 4.78. The quantitative estimate of drug-likeness (QED) is 0.425. The normalized spacial score (nSPS) is 11.2. The molecule has 0 unspecified atom stereocenters. The van der Waals surface area contributed by atoms with Gasteiger partial charge < -0.3 is 5.11 Å². The molecule has 0 saturated carbocycles. The Morgan fingerprint density at radius 2 is 2.06 bits per heavy atom. The maximum Gasteiger partial charge on any atom is 0.338 e. The van der Waals surface area contributed by atoms with Crippen LogP contribution >= 0.6 is 0 Å². The van der Waals surface area contributed by atoms with Crippen molar-refractivity contribution >= 4 is 17.0 Å². The Bertz CT molecular complexity index is 1580. The van der Waals surface area contributed by atoms with Gasteiger partial charge in [0.25, 0.3) is 5.56 Å². The Labute approximate surface area is 185 Å². The van der Waals surface area contributed by atoms with Crippen LogP contribution in [0.3, 0.4) is 0 Å². The number of carboxylic acid groups (broad SMARTS) is 1. The van der Waals surface area contributed by atoms with Crippen LogP contribution in [0, 0.1) is 12.7 Å². The highest BCUT2D eigenvalue weighted by Crippen LogP contribution is 2.25. The van der Waals surface area contributed by atoms with Crippen LogP contribution in [0.5, 0.6) is 0 Å². The number of halogens is 1. The number of aryl methyl sites for hydroxylation is 1. The average Bonchev–Trinajstić information content (AvgIpc) is 3.43. The van der Waals surface area contributed by atoms with Crippen molar-refractivity contribution in [3.05, 3.63) is 88.0 Å². The molecular weight excluding hydrogens is 429 g/mol. The van der Waals surface area contributed by atoms with Crippen molar-refractivity contribution in [2.45, 2.75) is 13.5 Å². The molecule has 0 spiro atoms. The molecule has 0 saturated heterocycles. The van der Waals surface area contributed by atoms with E-state index in [-0.39, 0.29) is 23.6 Å². The first-order valence-electron chi connectivity index (χ1n) is 9.85. The molecule has 0 atom stereocenters. The Morgan fingerprint density at radius 3 is 2.79 bits per heavy atom. The minimum absolute atomic E-state index is 0.0418. The van der Waals surface area contributed by atoms with E-state index in [9.17, 15) is 14.0 Å². The number of rotatable bonds is 5. The van der Waals surface area contributed by atoms with Crippen LogP contribution in [0.15, 0.2) is 59.9 Å². The van der Waals surface area contributed by atoms with Gasteiger partial charge in [-0.1, -0.05) is 12.1 Å². The molecule has 0 radical (unpaired) electrons. The van der Waals surface area contributed by atoms with Crippen LogP contribution < -0.4 is 5.56 Å². The summed E-state index contributed by atoms with van der Waals surface area (Å²) in [4.78, 5) is 34.9. The summed E-state index contributed by atoms with van der Waals surface area (Å²) in [5, 5.41) is 17.2. The van der Waals surface area contributed by atoms with E-state index in [1.54, 1.807) is 24.4 Å². The van der Waals surface area contributed by atoms with Crippen LogP contribution in [0.25, 0.3) is 28.2 Å². The van der Waals surface area contributed by atoms with Crippen LogP contribution in [-0.2, 0) is 6.54 Å². The van der Waals surface area contributed by atoms with Gasteiger partial charge in [-0.05, 0) is 36.2 Å². The smallest absolute Gasteiger partial charge is 0.338 e. The second-order valence-electron chi connectivity index (χ2n) is 7.39. The van der Waals surface area contributed by atoms with Gasteiger partial charge in [0.05, 0.1) is 30.2 Å². The van der Waals surface area contributed by atoms with Gasteiger partial charge in [0.15, 0.2) is 5.52 Å². The second kappa shape index (κ2) is 7.79. The van der Waals surface area contributed by atoms with E-state index in [1.165, 1.54) is 23.1 Å². The van der Waals surface area contributed by atoms with E-state index in [0.717, 1.165) is 16.4 Å². The number of fused-ring (bicyclic) bond motifs is 1. The van der Waals surface area contributed by atoms with E-state index in [0.29, 0.717) is 22.3 Å². The second-order valence-corrected chi connectivity index (χ2v) is 7.39. The highest BCUT2D eigenvalue weighted by Gasteiger charge is 2.15.